The van der Waals surface area contributed by atoms with Crippen molar-refractivity contribution in [3.63, 3.8) is 0 Å². The Morgan fingerprint density at radius 2 is 0.808 bits per heavy atom. The molecule has 0 saturated carbocycles. The zero-order valence-corrected chi connectivity index (χ0v) is 34.6. The summed E-state index contributed by atoms with van der Waals surface area (Å²) in [5, 5.41) is 23.0. The maximum Gasteiger partial charge on any atom is 0.220 e. The van der Waals surface area contributed by atoms with E-state index in [1.165, 1.54) is 148 Å². The van der Waals surface area contributed by atoms with Crippen molar-refractivity contribution in [2.45, 2.75) is 231 Å². The molecule has 302 valence electrons. The van der Waals surface area contributed by atoms with Gasteiger partial charge in [-0.25, -0.2) is 0 Å². The molecule has 0 aliphatic carbocycles. The summed E-state index contributed by atoms with van der Waals surface area (Å²) in [6.45, 7) is 4.26. The minimum atomic E-state index is -0.877. The molecule has 0 aliphatic heterocycles. The molecule has 0 aliphatic rings. The number of unbranched alkanes of at least 4 members (excludes halogenated alkanes) is 26. The Morgan fingerprint density at radius 1 is 0.462 bits per heavy atom. The largest absolute Gasteiger partial charge is 0.394 e. The summed E-state index contributed by atoms with van der Waals surface area (Å²) in [7, 11) is 0. The zero-order chi connectivity index (χ0) is 37.8. The highest BCUT2D eigenvalue weighted by molar-refractivity contribution is 5.76. The quantitative estimate of drug-likeness (QED) is 0.0335. The zero-order valence-electron chi connectivity index (χ0n) is 34.6. The molecule has 3 N–H and O–H groups in total. The van der Waals surface area contributed by atoms with E-state index in [0.717, 1.165) is 51.4 Å². The second kappa shape index (κ2) is 43.5. The van der Waals surface area contributed by atoms with Crippen LogP contribution in [0.1, 0.15) is 219 Å². The van der Waals surface area contributed by atoms with Crippen LogP contribution in [0.2, 0.25) is 0 Å². The summed E-state index contributed by atoms with van der Waals surface area (Å²) in [5.41, 5.74) is 0. The van der Waals surface area contributed by atoms with Crippen molar-refractivity contribution in [1.29, 1.82) is 0 Å². The molecule has 2 atom stereocenters. The van der Waals surface area contributed by atoms with E-state index in [1.54, 1.807) is 6.08 Å². The number of allylic oxidation sites excluding steroid dienone is 9. The Hall–Kier alpha value is -1.91. The van der Waals surface area contributed by atoms with E-state index < -0.39 is 12.1 Å². The molecule has 0 heterocycles. The predicted molar refractivity (Wildman–Crippen MR) is 230 cm³/mol. The molecule has 0 aromatic carbocycles. The molecule has 0 saturated heterocycles. The number of amides is 1. The minimum Gasteiger partial charge on any atom is -0.394 e. The third kappa shape index (κ3) is 39.3. The topological polar surface area (TPSA) is 69.6 Å². The monoisotopic (exact) mass is 726 g/mol. The van der Waals surface area contributed by atoms with Crippen molar-refractivity contribution < 1.29 is 15.0 Å². The van der Waals surface area contributed by atoms with Gasteiger partial charge < -0.3 is 15.5 Å². The summed E-state index contributed by atoms with van der Waals surface area (Å²) in [4.78, 5) is 12.4. The van der Waals surface area contributed by atoms with Crippen LogP contribution in [0, 0.1) is 0 Å². The van der Waals surface area contributed by atoms with Gasteiger partial charge in [-0.1, -0.05) is 203 Å². The lowest BCUT2D eigenvalue weighted by molar-refractivity contribution is -0.123. The van der Waals surface area contributed by atoms with E-state index in [0.29, 0.717) is 6.42 Å². The molecule has 0 radical (unpaired) electrons. The molecule has 2 unspecified atom stereocenters. The number of nitrogens with one attached hydrogen (secondary N) is 1. The first-order valence-electron chi connectivity index (χ1n) is 22.5. The van der Waals surface area contributed by atoms with E-state index in [4.69, 9.17) is 0 Å². The normalized spacial score (nSPS) is 13.5. The van der Waals surface area contributed by atoms with Crippen LogP contribution in [-0.4, -0.2) is 34.9 Å². The second-order valence-electron chi connectivity index (χ2n) is 15.1. The summed E-state index contributed by atoms with van der Waals surface area (Å²) in [6.07, 6.45) is 60.5. The van der Waals surface area contributed by atoms with Crippen LogP contribution in [0.5, 0.6) is 0 Å². The van der Waals surface area contributed by atoms with E-state index in [1.807, 2.05) is 6.08 Å². The van der Waals surface area contributed by atoms with E-state index in [-0.39, 0.29) is 12.5 Å². The summed E-state index contributed by atoms with van der Waals surface area (Å²) < 4.78 is 0. The highest BCUT2D eigenvalue weighted by Gasteiger charge is 2.17. The van der Waals surface area contributed by atoms with Crippen LogP contribution in [0.25, 0.3) is 0 Å². The van der Waals surface area contributed by atoms with Gasteiger partial charge in [0, 0.05) is 6.42 Å². The van der Waals surface area contributed by atoms with Gasteiger partial charge in [0.15, 0.2) is 0 Å². The first-order valence-corrected chi connectivity index (χ1v) is 22.5. The van der Waals surface area contributed by atoms with Gasteiger partial charge in [-0.2, -0.15) is 0 Å². The van der Waals surface area contributed by atoms with Gasteiger partial charge in [0.1, 0.15) is 0 Å². The van der Waals surface area contributed by atoms with Gasteiger partial charge in [-0.3, -0.25) is 4.79 Å². The number of carbonyl (C=O) groups is 1. The van der Waals surface area contributed by atoms with Crippen molar-refractivity contribution >= 4 is 5.91 Å². The van der Waals surface area contributed by atoms with Gasteiger partial charge in [-0.05, 0) is 70.6 Å². The number of carbonyl (C=O) groups excluding carboxylic acids is 1. The Labute approximate surface area is 324 Å². The third-order valence-corrected chi connectivity index (χ3v) is 9.98. The lowest BCUT2D eigenvalue weighted by atomic mass is 10.0. The predicted octanol–water partition coefficient (Wildman–Crippen LogP) is 14.1. The van der Waals surface area contributed by atoms with Crippen molar-refractivity contribution in [3.8, 4) is 0 Å². The molecule has 0 fully saturated rings. The Morgan fingerprint density at radius 3 is 1.27 bits per heavy atom. The molecule has 1 amide bonds. The van der Waals surface area contributed by atoms with Crippen molar-refractivity contribution in [2.24, 2.45) is 0 Å². The number of hydrogen-bond acceptors (Lipinski definition) is 3. The van der Waals surface area contributed by atoms with Crippen molar-refractivity contribution in [3.05, 3.63) is 60.8 Å². The van der Waals surface area contributed by atoms with Gasteiger partial charge in [0.2, 0.25) is 5.91 Å². The smallest absolute Gasteiger partial charge is 0.220 e. The summed E-state index contributed by atoms with van der Waals surface area (Å²) in [5.74, 6) is -0.0915. The van der Waals surface area contributed by atoms with Crippen LogP contribution >= 0.6 is 0 Å². The molecule has 0 rings (SSSR count). The van der Waals surface area contributed by atoms with E-state index in [9.17, 15) is 15.0 Å². The highest BCUT2D eigenvalue weighted by atomic mass is 16.3. The Balaban J connectivity index is 3.65. The average Bonchev–Trinajstić information content (AvgIpc) is 3.15. The molecule has 0 bridgehead atoms. The van der Waals surface area contributed by atoms with Crippen LogP contribution < -0.4 is 5.32 Å². The molecule has 52 heavy (non-hydrogen) atoms. The Kier molecular flexibility index (Phi) is 41.9. The number of aliphatic hydroxyl groups is 2. The van der Waals surface area contributed by atoms with E-state index >= 15 is 0 Å². The second-order valence-corrected chi connectivity index (χ2v) is 15.1. The molecular formula is C48H87NO3. The molecule has 0 spiro atoms. The number of hydrogen-bond donors (Lipinski definition) is 3. The lowest BCUT2D eigenvalue weighted by Crippen LogP contribution is -2.45. The standard InChI is InChI=1S/C48H87NO3/c1-3-5-7-9-11-13-15-17-19-20-21-22-23-24-25-26-27-28-30-31-33-35-37-39-41-43-47(51)46(45-50)49-48(52)44-42-40-38-36-34-32-29-18-16-14-12-10-8-6-4-2/h12,14,16,18,27-28,33,35,41,43,46-47,50-51H,3-11,13,15,17,19-26,29-32,34,36-40,42,44-45H2,1-2H3,(H,49,52)/b14-12-,18-16-,28-27+,35-33+,43-41+. The maximum absolute atomic E-state index is 12.4. The molecule has 0 aromatic rings. The SMILES string of the molecule is CCCCC/C=C\C=C/CCCCCCCCC(=O)NC(CO)C(O)/C=C/CC/C=C/CC/C=C/CCCCCCCCCCCCCCCCC. The fourth-order valence-corrected chi connectivity index (χ4v) is 6.49. The average molecular weight is 726 g/mol. The van der Waals surface area contributed by atoms with Gasteiger partial charge in [0.05, 0.1) is 18.8 Å². The van der Waals surface area contributed by atoms with Crippen LogP contribution in [0.15, 0.2) is 60.8 Å². The van der Waals surface area contributed by atoms with Crippen LogP contribution in [0.3, 0.4) is 0 Å². The Bertz CT molecular complexity index is 873. The van der Waals surface area contributed by atoms with Crippen molar-refractivity contribution in [1.82, 2.24) is 5.32 Å². The van der Waals surface area contributed by atoms with Gasteiger partial charge >= 0.3 is 0 Å². The lowest BCUT2D eigenvalue weighted by Gasteiger charge is -2.19. The number of rotatable bonds is 40. The fraction of sp³-hybridized carbons (Fsp3) is 0.771. The maximum atomic E-state index is 12.4. The molecule has 0 aromatic heterocycles. The van der Waals surface area contributed by atoms with Crippen LogP contribution in [0.4, 0.5) is 0 Å². The van der Waals surface area contributed by atoms with Gasteiger partial charge in [0.25, 0.3) is 0 Å². The third-order valence-electron chi connectivity index (χ3n) is 9.98. The fourth-order valence-electron chi connectivity index (χ4n) is 6.49. The van der Waals surface area contributed by atoms with Crippen LogP contribution in [-0.2, 0) is 4.79 Å². The molecule has 4 nitrogen and oxygen atoms in total. The number of aliphatic hydroxyl groups excluding tert-OH is 2. The first kappa shape index (κ1) is 50.1. The molecule has 4 heteroatoms. The minimum absolute atomic E-state index is 0.0915. The molecular weight excluding hydrogens is 639 g/mol. The highest BCUT2D eigenvalue weighted by Crippen LogP contribution is 2.14. The van der Waals surface area contributed by atoms with E-state index in [2.05, 4.69) is 67.8 Å². The summed E-state index contributed by atoms with van der Waals surface area (Å²) >= 11 is 0. The van der Waals surface area contributed by atoms with Crippen molar-refractivity contribution in [2.75, 3.05) is 6.61 Å². The first-order chi connectivity index (χ1) is 25.7. The van der Waals surface area contributed by atoms with Gasteiger partial charge in [-0.15, -0.1) is 0 Å². The summed E-state index contributed by atoms with van der Waals surface area (Å²) in [6, 6.07) is -0.653.